The van der Waals surface area contributed by atoms with Crippen molar-refractivity contribution in [3.63, 3.8) is 0 Å². The number of alkyl halides is 4. The average Bonchev–Trinajstić information content (AvgIpc) is 2.78. The van der Waals surface area contributed by atoms with Gasteiger partial charge in [-0.05, 0) is 66.3 Å². The molecule has 0 saturated carbocycles. The van der Waals surface area contributed by atoms with Crippen LogP contribution in [0, 0.1) is 0 Å². The lowest BCUT2D eigenvalue weighted by molar-refractivity contribution is -0.0692. The lowest BCUT2D eigenvalue weighted by atomic mass is 9.88. The molecule has 1 N–H and O–H groups in total. The monoisotopic (exact) mass is 450 g/mol. The first-order valence-corrected chi connectivity index (χ1v) is 9.94. The fraction of sp³-hybridized carbons (Fsp3) is 0.304. The van der Waals surface area contributed by atoms with Gasteiger partial charge in [-0.1, -0.05) is 12.1 Å². The Morgan fingerprint density at radius 2 is 1.56 bits per heavy atom. The van der Waals surface area contributed by atoms with Crippen molar-refractivity contribution in [3.8, 4) is 11.5 Å². The van der Waals surface area contributed by atoms with Crippen LogP contribution in [0.1, 0.15) is 34.7 Å². The van der Waals surface area contributed by atoms with E-state index in [4.69, 9.17) is 5.11 Å². The van der Waals surface area contributed by atoms with Crippen molar-refractivity contribution in [2.24, 2.45) is 0 Å². The number of hydrogen-bond donors (Lipinski definition) is 1. The highest BCUT2D eigenvalue weighted by molar-refractivity contribution is 5.46. The number of pyridine rings is 2. The highest BCUT2D eigenvalue weighted by atomic mass is 19.3. The Bertz CT molecular complexity index is 973. The summed E-state index contributed by atoms with van der Waals surface area (Å²) in [7, 11) is 0. The summed E-state index contributed by atoms with van der Waals surface area (Å²) in [5.74, 6) is -1.32. The zero-order chi connectivity index (χ0) is 22.9. The number of hydrogen-bond acceptors (Lipinski definition) is 5. The van der Waals surface area contributed by atoms with Crippen LogP contribution in [0.3, 0.4) is 0 Å². The molecule has 0 aliphatic rings. The second-order valence-corrected chi connectivity index (χ2v) is 6.99. The van der Waals surface area contributed by atoms with E-state index in [1.165, 1.54) is 18.2 Å². The minimum Gasteiger partial charge on any atom is -0.431 e. The van der Waals surface area contributed by atoms with E-state index in [0.717, 1.165) is 11.1 Å². The normalized spacial score (nSPS) is 12.2. The van der Waals surface area contributed by atoms with Gasteiger partial charge in [0.25, 0.3) is 0 Å². The molecule has 0 aliphatic heterocycles. The first-order chi connectivity index (χ1) is 15.5. The molecular formula is C23H22F4N2O3. The molecule has 0 saturated heterocycles. The number of aliphatic hydroxyl groups excluding tert-OH is 1. The van der Waals surface area contributed by atoms with Gasteiger partial charge in [0, 0.05) is 36.8 Å². The molecule has 0 radical (unpaired) electrons. The van der Waals surface area contributed by atoms with E-state index in [1.807, 2.05) is 24.3 Å². The Morgan fingerprint density at radius 1 is 0.844 bits per heavy atom. The predicted octanol–water partition coefficient (Wildman–Crippen LogP) is 4.98. The molecule has 170 valence electrons. The number of rotatable bonds is 11. The van der Waals surface area contributed by atoms with E-state index in [1.54, 1.807) is 18.6 Å². The minimum atomic E-state index is -3.20. The fourth-order valence-electron chi connectivity index (χ4n) is 3.34. The SMILES string of the molecule is OCCCc1ccc(C(Cc2ccncc2)c2ccc(OC(F)F)c(OC(F)F)c2)nc1. The number of aliphatic hydroxyl groups is 1. The smallest absolute Gasteiger partial charge is 0.387 e. The number of aromatic nitrogens is 2. The molecule has 1 aromatic carbocycles. The van der Waals surface area contributed by atoms with Gasteiger partial charge < -0.3 is 14.6 Å². The third kappa shape index (κ3) is 6.65. The van der Waals surface area contributed by atoms with Crippen LogP contribution < -0.4 is 9.47 Å². The molecule has 2 heterocycles. The van der Waals surface area contributed by atoms with Gasteiger partial charge in [0.2, 0.25) is 0 Å². The Hall–Kier alpha value is -3.20. The molecular weight excluding hydrogens is 428 g/mol. The summed E-state index contributed by atoms with van der Waals surface area (Å²) < 4.78 is 59.9. The Labute approximate surface area is 182 Å². The Morgan fingerprint density at radius 3 is 2.19 bits per heavy atom. The number of halogens is 4. The summed E-state index contributed by atoms with van der Waals surface area (Å²) >= 11 is 0. The molecule has 3 rings (SSSR count). The van der Waals surface area contributed by atoms with E-state index < -0.39 is 24.7 Å². The number of benzene rings is 1. The molecule has 1 unspecified atom stereocenters. The van der Waals surface area contributed by atoms with Crippen molar-refractivity contribution < 1.29 is 32.1 Å². The average molecular weight is 450 g/mol. The molecule has 0 spiro atoms. The summed E-state index contributed by atoms with van der Waals surface area (Å²) in [5, 5.41) is 9.00. The van der Waals surface area contributed by atoms with Gasteiger partial charge in [-0.15, -0.1) is 0 Å². The van der Waals surface area contributed by atoms with Crippen molar-refractivity contribution in [1.29, 1.82) is 0 Å². The lowest BCUT2D eigenvalue weighted by Crippen LogP contribution is -2.11. The summed E-state index contributed by atoms with van der Waals surface area (Å²) in [6.45, 7) is -6.30. The second-order valence-electron chi connectivity index (χ2n) is 6.99. The quantitative estimate of drug-likeness (QED) is 0.418. The first kappa shape index (κ1) is 23.5. The highest BCUT2D eigenvalue weighted by Gasteiger charge is 2.21. The maximum atomic E-state index is 12.9. The summed E-state index contributed by atoms with van der Waals surface area (Å²) in [4.78, 5) is 8.53. The van der Waals surface area contributed by atoms with Crippen molar-refractivity contribution in [2.45, 2.75) is 38.4 Å². The van der Waals surface area contributed by atoms with Crippen molar-refractivity contribution in [1.82, 2.24) is 9.97 Å². The van der Waals surface area contributed by atoms with Crippen molar-refractivity contribution >= 4 is 0 Å². The molecule has 9 heteroatoms. The van der Waals surface area contributed by atoms with Gasteiger partial charge in [-0.2, -0.15) is 17.6 Å². The number of nitrogens with zero attached hydrogens (tertiary/aromatic N) is 2. The minimum absolute atomic E-state index is 0.0758. The molecule has 0 bridgehead atoms. The van der Waals surface area contributed by atoms with E-state index in [0.29, 0.717) is 30.5 Å². The van der Waals surface area contributed by atoms with Crippen LogP contribution in [0.25, 0.3) is 0 Å². The molecule has 0 fully saturated rings. The molecule has 1 atom stereocenters. The fourth-order valence-corrected chi connectivity index (χ4v) is 3.34. The van der Waals surface area contributed by atoms with Crippen molar-refractivity contribution in [2.75, 3.05) is 6.61 Å². The van der Waals surface area contributed by atoms with Gasteiger partial charge in [-0.3, -0.25) is 9.97 Å². The summed E-state index contributed by atoms with van der Waals surface area (Å²) in [5.41, 5.74) is 3.10. The first-order valence-electron chi connectivity index (χ1n) is 9.94. The number of ether oxygens (including phenoxy) is 2. The van der Waals surface area contributed by atoms with E-state index in [9.17, 15) is 17.6 Å². The van der Waals surface area contributed by atoms with Gasteiger partial charge in [0.1, 0.15) is 0 Å². The maximum Gasteiger partial charge on any atom is 0.387 e. The second kappa shape index (κ2) is 11.4. The van der Waals surface area contributed by atoms with Crippen LogP contribution in [0.15, 0.2) is 61.1 Å². The zero-order valence-corrected chi connectivity index (χ0v) is 17.0. The molecule has 3 aromatic rings. The standard InChI is InChI=1S/C23H22F4N2O3/c24-22(25)31-20-6-4-17(13-21(20)32-23(26)27)18(12-15-7-9-28-10-8-15)19-5-3-16(14-29-19)2-1-11-30/h3-10,13-14,18,22-23,30H,1-2,11-12H2. The van der Waals surface area contributed by atoms with E-state index in [2.05, 4.69) is 19.4 Å². The van der Waals surface area contributed by atoms with Crippen LogP contribution in [0.5, 0.6) is 11.5 Å². The predicted molar refractivity (Wildman–Crippen MR) is 109 cm³/mol. The van der Waals surface area contributed by atoms with Gasteiger partial charge >= 0.3 is 13.2 Å². The van der Waals surface area contributed by atoms with Crippen LogP contribution in [0.4, 0.5) is 17.6 Å². The van der Waals surface area contributed by atoms with Gasteiger partial charge in [0.15, 0.2) is 11.5 Å². The Kier molecular flexibility index (Phi) is 8.38. The highest BCUT2D eigenvalue weighted by Crippen LogP contribution is 2.36. The topological polar surface area (TPSA) is 64.5 Å². The summed E-state index contributed by atoms with van der Waals surface area (Å²) in [6.07, 6.45) is 6.74. The maximum absolute atomic E-state index is 12.9. The van der Waals surface area contributed by atoms with E-state index in [-0.39, 0.29) is 12.5 Å². The lowest BCUT2D eigenvalue weighted by Gasteiger charge is -2.20. The summed E-state index contributed by atoms with van der Waals surface area (Å²) in [6, 6.07) is 11.4. The zero-order valence-electron chi connectivity index (χ0n) is 17.0. The largest absolute Gasteiger partial charge is 0.431 e. The number of aryl methyl sites for hydroxylation is 1. The molecule has 2 aromatic heterocycles. The third-order valence-corrected chi connectivity index (χ3v) is 4.82. The molecule has 0 aliphatic carbocycles. The Balaban J connectivity index is 1.98. The van der Waals surface area contributed by atoms with Crippen LogP contribution >= 0.6 is 0 Å². The van der Waals surface area contributed by atoms with Gasteiger partial charge in [-0.25, -0.2) is 0 Å². The van der Waals surface area contributed by atoms with Gasteiger partial charge in [0.05, 0.1) is 0 Å². The third-order valence-electron chi connectivity index (χ3n) is 4.82. The molecule has 5 nitrogen and oxygen atoms in total. The van der Waals surface area contributed by atoms with Crippen LogP contribution in [-0.2, 0) is 12.8 Å². The molecule has 32 heavy (non-hydrogen) atoms. The molecule has 0 amide bonds. The van der Waals surface area contributed by atoms with Crippen molar-refractivity contribution in [3.05, 3.63) is 83.4 Å². The van der Waals surface area contributed by atoms with Crippen LogP contribution in [-0.4, -0.2) is 34.9 Å². The van der Waals surface area contributed by atoms with E-state index >= 15 is 0 Å². The van der Waals surface area contributed by atoms with Crippen LogP contribution in [0.2, 0.25) is 0 Å².